The van der Waals surface area contributed by atoms with Crippen LogP contribution in [0.1, 0.15) is 38.5 Å². The van der Waals surface area contributed by atoms with Gasteiger partial charge in [0.25, 0.3) is 5.91 Å². The zero-order chi connectivity index (χ0) is 15.0. The second-order valence-electron chi connectivity index (χ2n) is 5.91. The normalized spacial score (nSPS) is 23.3. The van der Waals surface area contributed by atoms with E-state index in [1.165, 1.54) is 0 Å². The molecule has 114 valence electrons. The molecule has 21 heavy (non-hydrogen) atoms. The van der Waals surface area contributed by atoms with Gasteiger partial charge < -0.3 is 10.6 Å². The molecule has 1 heterocycles. The molecule has 1 saturated heterocycles. The summed E-state index contributed by atoms with van der Waals surface area (Å²) >= 11 is 0. The average molecular weight is 294 g/mol. The van der Waals surface area contributed by atoms with Crippen LogP contribution in [0.2, 0.25) is 0 Å². The fourth-order valence-electron chi connectivity index (χ4n) is 2.90. The molecular formula is C13H18N4O4. The first-order valence-corrected chi connectivity index (χ1v) is 7.25. The maximum absolute atomic E-state index is 12.3. The summed E-state index contributed by atoms with van der Waals surface area (Å²) in [5.41, 5.74) is -0.826. The molecule has 3 aliphatic rings. The zero-order valence-corrected chi connectivity index (χ0v) is 11.6. The van der Waals surface area contributed by atoms with E-state index in [1.54, 1.807) is 0 Å². The van der Waals surface area contributed by atoms with Crippen molar-refractivity contribution in [3.05, 3.63) is 0 Å². The molecule has 6 amide bonds. The quantitative estimate of drug-likeness (QED) is 0.628. The number of nitrogens with one attached hydrogen (secondary N) is 3. The molecule has 0 unspecified atom stereocenters. The molecular weight excluding hydrogens is 276 g/mol. The third kappa shape index (κ3) is 2.70. The summed E-state index contributed by atoms with van der Waals surface area (Å²) < 4.78 is 0. The van der Waals surface area contributed by atoms with Crippen LogP contribution in [0.25, 0.3) is 0 Å². The molecule has 1 aliphatic heterocycles. The molecule has 2 aliphatic carbocycles. The topological polar surface area (TPSA) is 108 Å². The Morgan fingerprint density at radius 1 is 1.24 bits per heavy atom. The van der Waals surface area contributed by atoms with Crippen molar-refractivity contribution in [1.29, 1.82) is 0 Å². The van der Waals surface area contributed by atoms with E-state index in [-0.39, 0.29) is 11.9 Å². The molecule has 0 atom stereocenters. The number of urea groups is 2. The smallest absolute Gasteiger partial charge is 0.325 e. The summed E-state index contributed by atoms with van der Waals surface area (Å²) in [6.45, 7) is -0.426. The maximum Gasteiger partial charge on any atom is 0.325 e. The lowest BCUT2D eigenvalue weighted by atomic mass is 9.98. The molecule has 0 aromatic carbocycles. The molecule has 1 spiro atoms. The highest BCUT2D eigenvalue weighted by molar-refractivity contribution is 6.10. The summed E-state index contributed by atoms with van der Waals surface area (Å²) in [6, 6.07) is -0.999. The maximum atomic E-state index is 12.3. The second-order valence-corrected chi connectivity index (χ2v) is 5.91. The number of imide groups is 2. The number of carbonyl (C=O) groups excluding carboxylic acids is 4. The van der Waals surface area contributed by atoms with Gasteiger partial charge in [0, 0.05) is 6.04 Å². The van der Waals surface area contributed by atoms with Gasteiger partial charge in [-0.05, 0) is 25.7 Å². The van der Waals surface area contributed by atoms with Crippen molar-refractivity contribution in [2.45, 2.75) is 50.1 Å². The van der Waals surface area contributed by atoms with E-state index < -0.39 is 30.1 Å². The molecule has 0 bridgehead atoms. The number of nitrogens with zero attached hydrogens (tertiary/aromatic N) is 1. The molecule has 2 saturated carbocycles. The standard InChI is InChI=1S/C13H18N4O4/c18-9(15-11(20)14-8-3-4-8)7-17-10(19)13(16-12(17)21)5-1-2-6-13/h8H,1-7H2,(H,16,21)(H2,14,15,18,20). The van der Waals surface area contributed by atoms with Gasteiger partial charge in [-0.25, -0.2) is 9.59 Å². The molecule has 3 N–H and O–H groups in total. The Hall–Kier alpha value is -2.12. The van der Waals surface area contributed by atoms with Crippen LogP contribution in [0.3, 0.4) is 0 Å². The van der Waals surface area contributed by atoms with Crippen molar-refractivity contribution in [3.8, 4) is 0 Å². The fourth-order valence-corrected chi connectivity index (χ4v) is 2.90. The fraction of sp³-hybridized carbons (Fsp3) is 0.692. The Morgan fingerprint density at radius 3 is 2.52 bits per heavy atom. The average Bonchev–Trinajstić information content (AvgIpc) is 3.04. The SMILES string of the molecule is O=C(CN1C(=O)NC2(CCCC2)C1=O)NC(=O)NC1CC1. The summed E-state index contributed by atoms with van der Waals surface area (Å²) in [4.78, 5) is 48.3. The minimum absolute atomic E-state index is 0.135. The Kier molecular flexibility index (Phi) is 3.30. The van der Waals surface area contributed by atoms with Crippen LogP contribution in [0.5, 0.6) is 0 Å². The molecule has 8 heteroatoms. The first-order valence-electron chi connectivity index (χ1n) is 7.25. The third-order valence-corrected chi connectivity index (χ3v) is 4.17. The highest BCUT2D eigenvalue weighted by atomic mass is 16.2. The molecule has 0 aromatic heterocycles. The first kappa shape index (κ1) is 13.8. The Balaban J connectivity index is 1.56. The number of amides is 6. The van der Waals surface area contributed by atoms with Gasteiger partial charge in [0.1, 0.15) is 12.1 Å². The van der Waals surface area contributed by atoms with Gasteiger partial charge in [-0.3, -0.25) is 19.8 Å². The van der Waals surface area contributed by atoms with Gasteiger partial charge in [0.2, 0.25) is 5.91 Å². The van der Waals surface area contributed by atoms with Crippen LogP contribution in [0.15, 0.2) is 0 Å². The minimum atomic E-state index is -0.826. The third-order valence-electron chi connectivity index (χ3n) is 4.17. The van der Waals surface area contributed by atoms with E-state index in [0.717, 1.165) is 30.6 Å². The lowest BCUT2D eigenvalue weighted by molar-refractivity contribution is -0.134. The summed E-state index contributed by atoms with van der Waals surface area (Å²) in [5, 5.41) is 7.43. The number of hydrogen-bond donors (Lipinski definition) is 3. The van der Waals surface area contributed by atoms with Crippen molar-refractivity contribution in [2.24, 2.45) is 0 Å². The van der Waals surface area contributed by atoms with Gasteiger partial charge in [-0.1, -0.05) is 12.8 Å². The van der Waals surface area contributed by atoms with Crippen molar-refractivity contribution >= 4 is 23.9 Å². The van der Waals surface area contributed by atoms with Crippen molar-refractivity contribution in [1.82, 2.24) is 20.9 Å². The van der Waals surface area contributed by atoms with Crippen molar-refractivity contribution in [2.75, 3.05) is 6.54 Å². The molecule has 0 aromatic rings. The Bertz CT molecular complexity index is 508. The van der Waals surface area contributed by atoms with Gasteiger partial charge in [-0.2, -0.15) is 0 Å². The molecule has 0 radical (unpaired) electrons. The molecule has 3 rings (SSSR count). The van der Waals surface area contributed by atoms with E-state index >= 15 is 0 Å². The first-order chi connectivity index (χ1) is 10.00. The monoisotopic (exact) mass is 294 g/mol. The second kappa shape index (κ2) is 5.01. The van der Waals surface area contributed by atoms with Gasteiger partial charge in [0.15, 0.2) is 0 Å². The summed E-state index contributed by atoms with van der Waals surface area (Å²) in [7, 11) is 0. The van der Waals surface area contributed by atoms with Crippen LogP contribution in [-0.4, -0.2) is 46.9 Å². The van der Waals surface area contributed by atoms with E-state index in [9.17, 15) is 19.2 Å². The van der Waals surface area contributed by atoms with E-state index in [0.29, 0.717) is 12.8 Å². The van der Waals surface area contributed by atoms with Gasteiger partial charge in [0.05, 0.1) is 0 Å². The largest absolute Gasteiger partial charge is 0.335 e. The van der Waals surface area contributed by atoms with Crippen LogP contribution < -0.4 is 16.0 Å². The van der Waals surface area contributed by atoms with Crippen LogP contribution in [0.4, 0.5) is 9.59 Å². The number of carbonyl (C=O) groups is 4. The molecule has 8 nitrogen and oxygen atoms in total. The predicted molar refractivity (Wildman–Crippen MR) is 71.1 cm³/mol. The lowest BCUT2D eigenvalue weighted by Gasteiger charge is -2.19. The van der Waals surface area contributed by atoms with Crippen LogP contribution >= 0.6 is 0 Å². The van der Waals surface area contributed by atoms with Gasteiger partial charge >= 0.3 is 12.1 Å². The van der Waals surface area contributed by atoms with Gasteiger partial charge in [-0.15, -0.1) is 0 Å². The predicted octanol–water partition coefficient (Wildman–Crippen LogP) is -0.161. The minimum Gasteiger partial charge on any atom is -0.335 e. The molecule has 3 fully saturated rings. The van der Waals surface area contributed by atoms with Crippen molar-refractivity contribution < 1.29 is 19.2 Å². The highest BCUT2D eigenvalue weighted by Gasteiger charge is 2.52. The zero-order valence-electron chi connectivity index (χ0n) is 11.6. The number of hydrogen-bond acceptors (Lipinski definition) is 4. The van der Waals surface area contributed by atoms with Crippen molar-refractivity contribution in [3.63, 3.8) is 0 Å². The highest BCUT2D eigenvalue weighted by Crippen LogP contribution is 2.34. The number of rotatable bonds is 3. The van der Waals surface area contributed by atoms with Crippen LogP contribution in [-0.2, 0) is 9.59 Å². The van der Waals surface area contributed by atoms with E-state index in [4.69, 9.17) is 0 Å². The van der Waals surface area contributed by atoms with E-state index in [2.05, 4.69) is 16.0 Å². The Morgan fingerprint density at radius 2 is 1.90 bits per heavy atom. The lowest BCUT2D eigenvalue weighted by Crippen LogP contribution is -2.47. The van der Waals surface area contributed by atoms with E-state index in [1.807, 2.05) is 0 Å². The Labute approximate surface area is 121 Å². The van der Waals surface area contributed by atoms with Crippen LogP contribution in [0, 0.1) is 0 Å². The summed E-state index contributed by atoms with van der Waals surface area (Å²) in [6.07, 6.45) is 4.82. The summed E-state index contributed by atoms with van der Waals surface area (Å²) in [5.74, 6) is -1.02.